The number of nitrogens with zero attached hydrogens (tertiary/aromatic N) is 1. The predicted octanol–water partition coefficient (Wildman–Crippen LogP) is 2.36. The summed E-state index contributed by atoms with van der Waals surface area (Å²) in [4.78, 5) is -0.592. The van der Waals surface area contributed by atoms with Crippen molar-refractivity contribution >= 4 is 15.7 Å². The fourth-order valence-electron chi connectivity index (χ4n) is 1.62. The van der Waals surface area contributed by atoms with Crippen molar-refractivity contribution in [2.45, 2.75) is 31.1 Å². The zero-order valence-electron chi connectivity index (χ0n) is 11.0. The molecule has 0 unspecified atom stereocenters. The van der Waals surface area contributed by atoms with Crippen molar-refractivity contribution in [1.29, 1.82) is 0 Å². The van der Waals surface area contributed by atoms with E-state index in [0.29, 0.717) is 6.42 Å². The Morgan fingerprint density at radius 3 is 2.47 bits per heavy atom. The number of rotatable bonds is 6. The lowest BCUT2D eigenvalue weighted by atomic mass is 10.2. The Morgan fingerprint density at radius 1 is 1.26 bits per heavy atom. The van der Waals surface area contributed by atoms with Gasteiger partial charge in [0.25, 0.3) is 0 Å². The zero-order valence-corrected chi connectivity index (χ0v) is 11.8. The van der Waals surface area contributed by atoms with Crippen LogP contribution in [0.15, 0.2) is 17.0 Å². The average Bonchev–Trinajstić information content (AvgIpc) is 2.35. The molecule has 108 valence electrons. The Kier molecular flexibility index (Phi) is 5.25. The minimum atomic E-state index is -3.98. The number of halogens is 2. The van der Waals surface area contributed by atoms with Crippen LogP contribution in [0.4, 0.5) is 14.5 Å². The van der Waals surface area contributed by atoms with E-state index in [0.717, 1.165) is 29.3 Å². The summed E-state index contributed by atoms with van der Waals surface area (Å²) >= 11 is 0. The Bertz CT molecular complexity index is 547. The summed E-state index contributed by atoms with van der Waals surface area (Å²) in [7, 11) is -2.61. The van der Waals surface area contributed by atoms with E-state index in [4.69, 9.17) is 5.73 Å². The van der Waals surface area contributed by atoms with Crippen LogP contribution in [0.2, 0.25) is 0 Å². The highest BCUT2D eigenvalue weighted by Crippen LogP contribution is 2.25. The maximum Gasteiger partial charge on any atom is 0.245 e. The van der Waals surface area contributed by atoms with Crippen molar-refractivity contribution in [3.63, 3.8) is 0 Å². The molecule has 0 fully saturated rings. The monoisotopic (exact) mass is 292 g/mol. The number of hydrogen-bond donors (Lipinski definition) is 1. The summed E-state index contributed by atoms with van der Waals surface area (Å²) in [6, 6.07) is 1.75. The lowest BCUT2D eigenvalue weighted by Crippen LogP contribution is -2.29. The van der Waals surface area contributed by atoms with E-state index in [2.05, 4.69) is 0 Å². The van der Waals surface area contributed by atoms with E-state index >= 15 is 0 Å². The van der Waals surface area contributed by atoms with Crippen molar-refractivity contribution in [2.24, 2.45) is 0 Å². The molecule has 0 aliphatic rings. The van der Waals surface area contributed by atoms with Crippen molar-refractivity contribution in [3.8, 4) is 0 Å². The van der Waals surface area contributed by atoms with E-state index in [1.807, 2.05) is 6.92 Å². The molecule has 0 aliphatic heterocycles. The molecule has 0 bridgehead atoms. The van der Waals surface area contributed by atoms with Crippen molar-refractivity contribution in [2.75, 3.05) is 19.3 Å². The van der Waals surface area contributed by atoms with Crippen LogP contribution < -0.4 is 5.73 Å². The van der Waals surface area contributed by atoms with Gasteiger partial charge in [-0.1, -0.05) is 19.8 Å². The molecule has 2 N–H and O–H groups in total. The molecule has 0 aliphatic carbocycles. The van der Waals surface area contributed by atoms with Crippen LogP contribution in [-0.2, 0) is 10.0 Å². The molecule has 0 heterocycles. The molecule has 0 radical (unpaired) electrons. The van der Waals surface area contributed by atoms with Crippen molar-refractivity contribution in [1.82, 2.24) is 4.31 Å². The maximum absolute atomic E-state index is 13.7. The Morgan fingerprint density at radius 2 is 1.89 bits per heavy atom. The minimum absolute atomic E-state index is 0.285. The molecule has 1 aromatic rings. The van der Waals surface area contributed by atoms with Gasteiger partial charge in [-0.2, -0.15) is 0 Å². The van der Waals surface area contributed by atoms with Crippen LogP contribution in [-0.4, -0.2) is 26.3 Å². The fourth-order valence-corrected chi connectivity index (χ4v) is 2.90. The molecule has 0 saturated heterocycles. The molecule has 0 amide bonds. The molecule has 0 saturated carbocycles. The lowest BCUT2D eigenvalue weighted by molar-refractivity contribution is 0.448. The topological polar surface area (TPSA) is 63.4 Å². The number of sulfonamides is 1. The second-order valence-electron chi connectivity index (χ2n) is 4.31. The third kappa shape index (κ3) is 3.42. The minimum Gasteiger partial charge on any atom is -0.394 e. The first-order valence-electron chi connectivity index (χ1n) is 6.02. The van der Waals surface area contributed by atoms with Gasteiger partial charge in [0.2, 0.25) is 10.0 Å². The van der Waals surface area contributed by atoms with Crippen LogP contribution in [0.5, 0.6) is 0 Å². The van der Waals surface area contributed by atoms with Gasteiger partial charge >= 0.3 is 0 Å². The van der Waals surface area contributed by atoms with E-state index in [1.54, 1.807) is 0 Å². The molecular formula is C12H18F2N2O2S. The van der Waals surface area contributed by atoms with Crippen molar-refractivity contribution < 1.29 is 17.2 Å². The lowest BCUT2D eigenvalue weighted by Gasteiger charge is -2.18. The summed E-state index contributed by atoms with van der Waals surface area (Å²) < 4.78 is 52.1. The molecule has 4 nitrogen and oxygen atoms in total. The van der Waals surface area contributed by atoms with E-state index in [1.165, 1.54) is 7.05 Å². The summed E-state index contributed by atoms with van der Waals surface area (Å²) in [5, 5.41) is 0. The number of hydrogen-bond acceptors (Lipinski definition) is 3. The van der Waals surface area contributed by atoms with Gasteiger partial charge in [-0.15, -0.1) is 0 Å². The van der Waals surface area contributed by atoms with Crippen LogP contribution in [0.25, 0.3) is 0 Å². The van der Waals surface area contributed by atoms with Gasteiger partial charge in [0, 0.05) is 13.6 Å². The number of nitrogens with two attached hydrogens (primary N) is 1. The summed E-state index contributed by atoms with van der Waals surface area (Å²) in [6.45, 7) is 2.28. The summed E-state index contributed by atoms with van der Waals surface area (Å²) in [5.74, 6) is -2.20. The SMILES string of the molecule is CCCCCN(C)S(=O)(=O)c1ccc(F)c(N)c1F. The van der Waals surface area contributed by atoms with Crippen LogP contribution in [0.1, 0.15) is 26.2 Å². The van der Waals surface area contributed by atoms with Gasteiger partial charge in [-0.25, -0.2) is 21.5 Å². The average molecular weight is 292 g/mol. The molecule has 1 rings (SSSR count). The summed E-state index contributed by atoms with van der Waals surface area (Å²) in [5.41, 5.74) is 4.39. The van der Waals surface area contributed by atoms with Crippen LogP contribution in [0.3, 0.4) is 0 Å². The van der Waals surface area contributed by atoms with Gasteiger partial charge in [-0.05, 0) is 18.6 Å². The molecule has 19 heavy (non-hydrogen) atoms. The molecule has 1 aromatic carbocycles. The molecule has 0 spiro atoms. The standard InChI is InChI=1S/C12H18F2N2O2S/c1-3-4-5-8-16(2)19(17,18)10-7-6-9(13)12(15)11(10)14/h6-7H,3-5,8,15H2,1-2H3. The molecule has 7 heteroatoms. The second kappa shape index (κ2) is 6.29. The smallest absolute Gasteiger partial charge is 0.245 e. The van der Waals surface area contributed by atoms with Gasteiger partial charge in [-0.3, -0.25) is 0 Å². The first-order chi connectivity index (χ1) is 8.82. The third-order valence-electron chi connectivity index (χ3n) is 2.86. The van der Waals surface area contributed by atoms with E-state index in [-0.39, 0.29) is 6.54 Å². The Labute approximate surface area is 112 Å². The first kappa shape index (κ1) is 15.8. The van der Waals surface area contributed by atoms with Gasteiger partial charge in [0.1, 0.15) is 16.4 Å². The second-order valence-corrected chi connectivity index (χ2v) is 6.32. The largest absolute Gasteiger partial charge is 0.394 e. The quantitative estimate of drug-likeness (QED) is 0.646. The van der Waals surface area contributed by atoms with Gasteiger partial charge in [0.05, 0.1) is 0 Å². The third-order valence-corrected chi connectivity index (χ3v) is 4.73. The van der Waals surface area contributed by atoms with Crippen LogP contribution >= 0.6 is 0 Å². The highest BCUT2D eigenvalue weighted by atomic mass is 32.2. The van der Waals surface area contributed by atoms with Crippen LogP contribution in [0, 0.1) is 11.6 Å². The van der Waals surface area contributed by atoms with E-state index < -0.39 is 32.2 Å². The highest BCUT2D eigenvalue weighted by Gasteiger charge is 2.26. The Balaban J connectivity index is 3.04. The summed E-state index contributed by atoms with van der Waals surface area (Å²) in [6.07, 6.45) is 2.52. The zero-order chi connectivity index (χ0) is 14.6. The highest BCUT2D eigenvalue weighted by molar-refractivity contribution is 7.89. The van der Waals surface area contributed by atoms with Crippen molar-refractivity contribution in [3.05, 3.63) is 23.8 Å². The number of anilines is 1. The van der Waals surface area contributed by atoms with Gasteiger partial charge < -0.3 is 5.73 Å². The number of nitrogen functional groups attached to an aromatic ring is 1. The molecule has 0 aromatic heterocycles. The first-order valence-corrected chi connectivity index (χ1v) is 7.46. The molecule has 0 atom stereocenters. The number of benzene rings is 1. The maximum atomic E-state index is 13.7. The Hall–Kier alpha value is -1.21. The number of unbranched alkanes of at least 4 members (excludes halogenated alkanes) is 2. The van der Waals surface area contributed by atoms with E-state index in [9.17, 15) is 17.2 Å². The normalized spacial score (nSPS) is 12.1. The van der Waals surface area contributed by atoms with Gasteiger partial charge in [0.15, 0.2) is 5.82 Å². The fraction of sp³-hybridized carbons (Fsp3) is 0.500. The predicted molar refractivity (Wildman–Crippen MR) is 70.1 cm³/mol. The molecular weight excluding hydrogens is 274 g/mol.